The van der Waals surface area contributed by atoms with E-state index in [0.29, 0.717) is 17.1 Å². The van der Waals surface area contributed by atoms with Gasteiger partial charge in [-0.05, 0) is 12.1 Å². The van der Waals surface area contributed by atoms with Crippen molar-refractivity contribution in [1.29, 1.82) is 0 Å². The average Bonchev–Trinajstić information content (AvgIpc) is 2.72. The molecule has 0 atom stereocenters. The fourth-order valence-corrected chi connectivity index (χ4v) is 1.68. The van der Waals surface area contributed by atoms with E-state index in [4.69, 9.17) is 9.47 Å². The summed E-state index contributed by atoms with van der Waals surface area (Å²) in [6.45, 7) is 0.156. The fourth-order valence-electron chi connectivity index (χ4n) is 1.43. The van der Waals surface area contributed by atoms with Crippen molar-refractivity contribution in [2.24, 2.45) is 0 Å². The molecule has 6 heteroatoms. The van der Waals surface area contributed by atoms with Gasteiger partial charge < -0.3 is 9.47 Å². The number of thiol groups is 1. The molecule has 0 bridgehead atoms. The van der Waals surface area contributed by atoms with Gasteiger partial charge in [-0.3, -0.25) is 5.32 Å². The largest absolute Gasteiger partial charge is 0.456 e. The number of esters is 1. The highest BCUT2D eigenvalue weighted by Gasteiger charge is 2.26. The van der Waals surface area contributed by atoms with Crippen LogP contribution in [0.3, 0.4) is 0 Å². The molecule has 0 fully saturated rings. The second-order valence-electron chi connectivity index (χ2n) is 3.54. The second-order valence-corrected chi connectivity index (χ2v) is 3.86. The number of amides is 1. The molecule has 0 radical (unpaired) electrons. The van der Waals surface area contributed by atoms with E-state index in [1.807, 2.05) is 0 Å². The third kappa shape index (κ3) is 2.84. The highest BCUT2D eigenvalue weighted by molar-refractivity contribution is 7.80. The summed E-state index contributed by atoms with van der Waals surface area (Å²) in [5.74, 6) is 0.172. The fraction of sp³-hybridized carbons (Fsp3) is 0.167. The van der Waals surface area contributed by atoms with Crippen molar-refractivity contribution in [3.63, 3.8) is 0 Å². The highest BCUT2D eigenvalue weighted by Crippen LogP contribution is 2.15. The molecule has 0 saturated heterocycles. The summed E-state index contributed by atoms with van der Waals surface area (Å²) >= 11 is 4.06. The van der Waals surface area contributed by atoms with E-state index in [-0.39, 0.29) is 12.3 Å². The lowest BCUT2D eigenvalue weighted by atomic mass is 10.3. The van der Waals surface area contributed by atoms with Gasteiger partial charge in [-0.2, -0.15) is 12.6 Å². The number of carbonyl (C=O) groups excluding carboxylic acids is 2. The van der Waals surface area contributed by atoms with Crippen molar-refractivity contribution in [2.75, 3.05) is 12.4 Å². The van der Waals surface area contributed by atoms with Gasteiger partial charge in [-0.15, -0.1) is 0 Å². The molecule has 1 aromatic rings. The zero-order valence-electron chi connectivity index (χ0n) is 9.38. The summed E-state index contributed by atoms with van der Waals surface area (Å²) in [5.41, 5.74) is 0.749. The highest BCUT2D eigenvalue weighted by atomic mass is 32.1. The number of nitrogens with one attached hydrogen (secondary N) is 1. The molecule has 18 heavy (non-hydrogen) atoms. The first-order valence-corrected chi connectivity index (χ1v) is 5.88. The van der Waals surface area contributed by atoms with Crippen LogP contribution in [-0.4, -0.2) is 24.4 Å². The molecule has 1 aliphatic rings. The van der Waals surface area contributed by atoms with Gasteiger partial charge in [0, 0.05) is 11.3 Å². The Bertz CT molecular complexity index is 498. The van der Waals surface area contributed by atoms with Crippen LogP contribution in [0, 0.1) is 0 Å². The number of cyclic esters (lactones) is 1. The summed E-state index contributed by atoms with van der Waals surface area (Å²) in [6, 6.07) is 8.57. The number of rotatable bonds is 3. The molecule has 0 spiro atoms. The SMILES string of the molecule is O=C(NC1=C(CS)COC1=O)Oc1ccccc1. The van der Waals surface area contributed by atoms with Gasteiger partial charge >= 0.3 is 12.1 Å². The van der Waals surface area contributed by atoms with E-state index in [1.54, 1.807) is 30.3 Å². The van der Waals surface area contributed by atoms with E-state index >= 15 is 0 Å². The lowest BCUT2D eigenvalue weighted by Gasteiger charge is -2.06. The van der Waals surface area contributed by atoms with E-state index in [0.717, 1.165) is 0 Å². The van der Waals surface area contributed by atoms with E-state index in [2.05, 4.69) is 17.9 Å². The van der Waals surface area contributed by atoms with E-state index in [1.165, 1.54) is 0 Å². The summed E-state index contributed by atoms with van der Waals surface area (Å²) in [5, 5.41) is 2.37. The van der Waals surface area contributed by atoms with Crippen molar-refractivity contribution < 1.29 is 19.1 Å². The maximum absolute atomic E-state index is 11.6. The molecule has 0 saturated carbocycles. The maximum Gasteiger partial charge on any atom is 0.417 e. The third-order valence-corrected chi connectivity index (χ3v) is 2.69. The number of ether oxygens (including phenoxy) is 2. The molecule has 1 heterocycles. The molecule has 94 valence electrons. The van der Waals surface area contributed by atoms with Gasteiger partial charge in [0.2, 0.25) is 0 Å². The minimum Gasteiger partial charge on any atom is -0.456 e. The van der Waals surface area contributed by atoms with Crippen LogP contribution in [0.2, 0.25) is 0 Å². The molecule has 1 aromatic carbocycles. The first-order valence-electron chi connectivity index (χ1n) is 5.24. The van der Waals surface area contributed by atoms with Crippen molar-refractivity contribution in [1.82, 2.24) is 5.32 Å². The Morgan fingerprint density at radius 3 is 2.78 bits per heavy atom. The Labute approximate surface area is 109 Å². The third-order valence-electron chi connectivity index (χ3n) is 2.31. The van der Waals surface area contributed by atoms with Crippen LogP contribution in [0.5, 0.6) is 5.75 Å². The van der Waals surface area contributed by atoms with Gasteiger partial charge in [0.25, 0.3) is 0 Å². The van der Waals surface area contributed by atoms with Crippen LogP contribution in [0.25, 0.3) is 0 Å². The van der Waals surface area contributed by atoms with Crippen molar-refractivity contribution in [3.05, 3.63) is 41.6 Å². The van der Waals surface area contributed by atoms with Crippen LogP contribution >= 0.6 is 12.6 Å². The number of benzene rings is 1. The Morgan fingerprint density at radius 2 is 2.11 bits per heavy atom. The van der Waals surface area contributed by atoms with Crippen molar-refractivity contribution in [3.8, 4) is 5.75 Å². The molecule has 1 amide bonds. The Morgan fingerprint density at radius 1 is 1.39 bits per heavy atom. The summed E-state index contributed by atoms with van der Waals surface area (Å²) in [4.78, 5) is 22.9. The van der Waals surface area contributed by atoms with Crippen LogP contribution in [0.1, 0.15) is 0 Å². The van der Waals surface area contributed by atoms with Gasteiger partial charge in [-0.1, -0.05) is 18.2 Å². The van der Waals surface area contributed by atoms with Crippen LogP contribution in [-0.2, 0) is 9.53 Å². The molecule has 1 aliphatic heterocycles. The summed E-state index contributed by atoms with van der Waals surface area (Å²) < 4.78 is 9.79. The number of para-hydroxylation sites is 1. The standard InChI is InChI=1S/C12H11NO4S/c14-11-10(8(7-18)6-16-11)13-12(15)17-9-4-2-1-3-5-9/h1-5,18H,6-7H2,(H,13,15). The van der Waals surface area contributed by atoms with E-state index in [9.17, 15) is 9.59 Å². The molecule has 0 aromatic heterocycles. The number of hydrogen-bond acceptors (Lipinski definition) is 5. The second kappa shape index (κ2) is 5.59. The Hall–Kier alpha value is -1.95. The monoisotopic (exact) mass is 265 g/mol. The molecule has 0 aliphatic carbocycles. The Kier molecular flexibility index (Phi) is 3.88. The number of carbonyl (C=O) groups is 2. The first-order chi connectivity index (χ1) is 8.70. The minimum absolute atomic E-state index is 0.117. The minimum atomic E-state index is -0.727. The van der Waals surface area contributed by atoms with Crippen LogP contribution in [0.15, 0.2) is 41.6 Å². The van der Waals surface area contributed by atoms with Crippen LogP contribution < -0.4 is 10.1 Å². The molecule has 0 unspecified atom stereocenters. The van der Waals surface area contributed by atoms with Gasteiger partial charge in [0.1, 0.15) is 18.1 Å². The van der Waals surface area contributed by atoms with Crippen molar-refractivity contribution in [2.45, 2.75) is 0 Å². The number of hydrogen-bond donors (Lipinski definition) is 2. The summed E-state index contributed by atoms with van der Waals surface area (Å²) in [6.07, 6.45) is -0.727. The van der Waals surface area contributed by atoms with E-state index < -0.39 is 12.1 Å². The summed E-state index contributed by atoms with van der Waals surface area (Å²) in [7, 11) is 0. The Balaban J connectivity index is 2.02. The van der Waals surface area contributed by atoms with Gasteiger partial charge in [0.05, 0.1) is 0 Å². The zero-order chi connectivity index (χ0) is 13.0. The predicted octanol–water partition coefficient (Wildman–Crippen LogP) is 1.52. The average molecular weight is 265 g/mol. The van der Waals surface area contributed by atoms with Gasteiger partial charge in [-0.25, -0.2) is 9.59 Å². The molecular weight excluding hydrogens is 254 g/mol. The van der Waals surface area contributed by atoms with Crippen molar-refractivity contribution >= 4 is 24.7 Å². The smallest absolute Gasteiger partial charge is 0.417 e. The zero-order valence-corrected chi connectivity index (χ0v) is 10.3. The lowest BCUT2D eigenvalue weighted by molar-refractivity contribution is -0.136. The van der Waals surface area contributed by atoms with Gasteiger partial charge in [0.15, 0.2) is 0 Å². The quantitative estimate of drug-likeness (QED) is 0.642. The normalized spacial score (nSPS) is 14.4. The molecule has 5 nitrogen and oxygen atoms in total. The van der Waals surface area contributed by atoms with Crippen LogP contribution in [0.4, 0.5) is 4.79 Å². The predicted molar refractivity (Wildman–Crippen MR) is 67.4 cm³/mol. The topological polar surface area (TPSA) is 64.6 Å². The maximum atomic E-state index is 11.6. The molecular formula is C12H11NO4S. The lowest BCUT2D eigenvalue weighted by Crippen LogP contribution is -2.29. The first kappa shape index (κ1) is 12.5. The molecule has 2 rings (SSSR count). The molecule has 1 N–H and O–H groups in total.